The third-order valence-corrected chi connectivity index (χ3v) is 4.36. The van der Waals surface area contributed by atoms with E-state index in [4.69, 9.17) is 9.47 Å². The number of methoxy groups -OCH3 is 2. The molecule has 1 aliphatic rings. The quantitative estimate of drug-likeness (QED) is 0.617. The number of carbonyl (C=O) groups excluding carboxylic acids is 1. The number of benzene rings is 1. The van der Waals surface area contributed by atoms with Crippen molar-refractivity contribution in [2.75, 3.05) is 14.2 Å². The maximum Gasteiger partial charge on any atom is 0.305 e. The standard InChI is InChI=1S/C17H24O3/c1-19-15-10-8-13(9-11-15)16-7-5-3-4-6-14(16)12-17(18)20-2/h8-11,14,16H,3-7,12H2,1-2H3. The van der Waals surface area contributed by atoms with Gasteiger partial charge >= 0.3 is 5.97 Å². The van der Waals surface area contributed by atoms with Crippen molar-refractivity contribution in [2.24, 2.45) is 5.92 Å². The van der Waals surface area contributed by atoms with Crippen molar-refractivity contribution in [1.82, 2.24) is 0 Å². The molecule has 0 N–H and O–H groups in total. The topological polar surface area (TPSA) is 35.5 Å². The first-order chi connectivity index (χ1) is 9.74. The second-order valence-corrected chi connectivity index (χ2v) is 5.56. The van der Waals surface area contributed by atoms with Crippen LogP contribution in [0.2, 0.25) is 0 Å². The molecule has 3 heteroatoms. The van der Waals surface area contributed by atoms with Crippen LogP contribution >= 0.6 is 0 Å². The zero-order valence-electron chi connectivity index (χ0n) is 12.4. The van der Waals surface area contributed by atoms with Gasteiger partial charge in [0, 0.05) is 6.42 Å². The summed E-state index contributed by atoms with van der Waals surface area (Å²) in [5, 5.41) is 0. The van der Waals surface area contributed by atoms with Crippen LogP contribution in [0.25, 0.3) is 0 Å². The van der Waals surface area contributed by atoms with Gasteiger partial charge in [-0.3, -0.25) is 4.79 Å². The van der Waals surface area contributed by atoms with Crippen molar-refractivity contribution in [3.63, 3.8) is 0 Å². The lowest BCUT2D eigenvalue weighted by Crippen LogP contribution is -2.17. The molecule has 0 aliphatic heterocycles. The van der Waals surface area contributed by atoms with E-state index in [9.17, 15) is 4.79 Å². The van der Waals surface area contributed by atoms with Crippen LogP contribution < -0.4 is 4.74 Å². The van der Waals surface area contributed by atoms with Crippen LogP contribution in [0.3, 0.4) is 0 Å². The number of hydrogen-bond acceptors (Lipinski definition) is 3. The Labute approximate surface area is 121 Å². The summed E-state index contributed by atoms with van der Waals surface area (Å²) in [6.07, 6.45) is 6.54. The zero-order chi connectivity index (χ0) is 14.4. The Balaban J connectivity index is 2.15. The molecule has 2 unspecified atom stereocenters. The fourth-order valence-electron chi connectivity index (χ4n) is 3.22. The van der Waals surface area contributed by atoms with Crippen molar-refractivity contribution in [3.8, 4) is 5.75 Å². The Morgan fingerprint density at radius 3 is 2.45 bits per heavy atom. The molecule has 1 aliphatic carbocycles. The summed E-state index contributed by atoms with van der Waals surface area (Å²) in [5.74, 6) is 1.66. The average Bonchev–Trinajstić information content (AvgIpc) is 2.72. The maximum atomic E-state index is 11.6. The molecule has 1 fully saturated rings. The minimum absolute atomic E-state index is 0.0876. The number of rotatable bonds is 4. The van der Waals surface area contributed by atoms with Gasteiger partial charge in [0.2, 0.25) is 0 Å². The van der Waals surface area contributed by atoms with Crippen LogP contribution in [0, 0.1) is 5.92 Å². The molecule has 1 aromatic rings. The van der Waals surface area contributed by atoms with Gasteiger partial charge in [0.15, 0.2) is 0 Å². The van der Waals surface area contributed by atoms with Crippen LogP contribution in [0.15, 0.2) is 24.3 Å². The fourth-order valence-corrected chi connectivity index (χ4v) is 3.22. The predicted octanol–water partition coefficient (Wildman–Crippen LogP) is 3.92. The highest BCUT2D eigenvalue weighted by Crippen LogP contribution is 2.39. The van der Waals surface area contributed by atoms with E-state index in [2.05, 4.69) is 12.1 Å². The molecule has 3 nitrogen and oxygen atoms in total. The first kappa shape index (κ1) is 14.9. The van der Waals surface area contributed by atoms with Crippen molar-refractivity contribution in [3.05, 3.63) is 29.8 Å². The van der Waals surface area contributed by atoms with Crippen molar-refractivity contribution in [2.45, 2.75) is 44.4 Å². The summed E-state index contributed by atoms with van der Waals surface area (Å²) in [5.41, 5.74) is 1.32. The minimum Gasteiger partial charge on any atom is -0.497 e. The minimum atomic E-state index is -0.0876. The Hall–Kier alpha value is -1.51. The van der Waals surface area contributed by atoms with Crippen LogP contribution in [-0.2, 0) is 9.53 Å². The van der Waals surface area contributed by atoms with Crippen LogP contribution in [-0.4, -0.2) is 20.2 Å². The van der Waals surface area contributed by atoms with Gasteiger partial charge in [-0.05, 0) is 42.4 Å². The monoisotopic (exact) mass is 276 g/mol. The summed E-state index contributed by atoms with van der Waals surface area (Å²) < 4.78 is 10.1. The first-order valence-electron chi connectivity index (χ1n) is 7.45. The van der Waals surface area contributed by atoms with E-state index in [0.717, 1.165) is 18.6 Å². The van der Waals surface area contributed by atoms with Gasteiger partial charge < -0.3 is 9.47 Å². The summed E-state index contributed by atoms with van der Waals surface area (Å²) in [4.78, 5) is 11.6. The second-order valence-electron chi connectivity index (χ2n) is 5.56. The molecule has 0 radical (unpaired) electrons. The van der Waals surface area contributed by atoms with Crippen LogP contribution in [0.4, 0.5) is 0 Å². The number of hydrogen-bond donors (Lipinski definition) is 0. The average molecular weight is 276 g/mol. The van der Waals surface area contributed by atoms with Gasteiger partial charge in [-0.1, -0.05) is 31.4 Å². The lowest BCUT2D eigenvalue weighted by atomic mass is 9.80. The van der Waals surface area contributed by atoms with Crippen molar-refractivity contribution >= 4 is 5.97 Å². The maximum absolute atomic E-state index is 11.6. The highest BCUT2D eigenvalue weighted by molar-refractivity contribution is 5.69. The first-order valence-corrected chi connectivity index (χ1v) is 7.45. The van der Waals surface area contributed by atoms with Gasteiger partial charge in [-0.25, -0.2) is 0 Å². The van der Waals surface area contributed by atoms with E-state index in [1.165, 1.54) is 31.9 Å². The molecule has 0 bridgehead atoms. The summed E-state index contributed by atoms with van der Waals surface area (Å²) in [6.45, 7) is 0. The van der Waals surface area contributed by atoms with Crippen molar-refractivity contribution in [1.29, 1.82) is 0 Å². The van der Waals surface area contributed by atoms with Crippen molar-refractivity contribution < 1.29 is 14.3 Å². The molecule has 0 amide bonds. The van der Waals surface area contributed by atoms with E-state index in [0.29, 0.717) is 18.3 Å². The normalized spacial score (nSPS) is 22.9. The third-order valence-electron chi connectivity index (χ3n) is 4.36. The van der Waals surface area contributed by atoms with E-state index in [-0.39, 0.29) is 5.97 Å². The molecule has 0 saturated heterocycles. The molecule has 110 valence electrons. The lowest BCUT2D eigenvalue weighted by Gasteiger charge is -2.25. The molecule has 1 aromatic carbocycles. The predicted molar refractivity (Wildman–Crippen MR) is 78.9 cm³/mol. The molecule has 20 heavy (non-hydrogen) atoms. The second kappa shape index (κ2) is 7.32. The lowest BCUT2D eigenvalue weighted by molar-refractivity contribution is -0.142. The summed E-state index contributed by atoms with van der Waals surface area (Å²) >= 11 is 0. The number of carbonyl (C=O) groups is 1. The van der Waals surface area contributed by atoms with Crippen LogP contribution in [0.5, 0.6) is 5.75 Å². The molecule has 0 spiro atoms. The number of esters is 1. The largest absolute Gasteiger partial charge is 0.497 e. The number of ether oxygens (including phenoxy) is 2. The van der Waals surface area contributed by atoms with E-state index in [1.807, 2.05) is 12.1 Å². The Morgan fingerprint density at radius 1 is 1.10 bits per heavy atom. The van der Waals surface area contributed by atoms with Gasteiger partial charge in [0.05, 0.1) is 14.2 Å². The van der Waals surface area contributed by atoms with E-state index >= 15 is 0 Å². The Kier molecular flexibility index (Phi) is 5.45. The molecular weight excluding hydrogens is 252 g/mol. The fraction of sp³-hybridized carbons (Fsp3) is 0.588. The Bertz CT molecular complexity index is 424. The molecular formula is C17H24O3. The van der Waals surface area contributed by atoms with Gasteiger partial charge in [0.1, 0.15) is 5.75 Å². The highest BCUT2D eigenvalue weighted by Gasteiger charge is 2.27. The Morgan fingerprint density at radius 2 is 1.80 bits per heavy atom. The molecule has 1 saturated carbocycles. The smallest absolute Gasteiger partial charge is 0.305 e. The molecule has 2 atom stereocenters. The van der Waals surface area contributed by atoms with E-state index in [1.54, 1.807) is 7.11 Å². The molecule has 2 rings (SSSR count). The van der Waals surface area contributed by atoms with Gasteiger partial charge in [-0.15, -0.1) is 0 Å². The zero-order valence-corrected chi connectivity index (χ0v) is 12.4. The third kappa shape index (κ3) is 3.75. The highest BCUT2D eigenvalue weighted by atomic mass is 16.5. The van der Waals surface area contributed by atoms with Gasteiger partial charge in [0.25, 0.3) is 0 Å². The molecule has 0 aromatic heterocycles. The molecule has 0 heterocycles. The van der Waals surface area contributed by atoms with E-state index < -0.39 is 0 Å². The van der Waals surface area contributed by atoms with Gasteiger partial charge in [-0.2, -0.15) is 0 Å². The SMILES string of the molecule is COC(=O)CC1CCCCCC1c1ccc(OC)cc1. The summed E-state index contributed by atoms with van der Waals surface area (Å²) in [6, 6.07) is 8.29. The summed E-state index contributed by atoms with van der Waals surface area (Å²) in [7, 11) is 3.15. The van der Waals surface area contributed by atoms with Crippen LogP contribution in [0.1, 0.15) is 50.0 Å².